The summed E-state index contributed by atoms with van der Waals surface area (Å²) in [6.07, 6.45) is 2.99. The summed E-state index contributed by atoms with van der Waals surface area (Å²) in [5.74, 6) is 0.0797. The first-order valence-corrected chi connectivity index (χ1v) is 11.6. The van der Waals surface area contributed by atoms with E-state index in [1.54, 1.807) is 11.3 Å². The Morgan fingerprint density at radius 1 is 1.10 bits per heavy atom. The number of fused-ring (bicyclic) bond motifs is 1. The highest BCUT2D eigenvalue weighted by Crippen LogP contribution is 2.32. The van der Waals surface area contributed by atoms with E-state index in [9.17, 15) is 4.79 Å². The maximum atomic E-state index is 12.9. The zero-order chi connectivity index (χ0) is 20.6. The molecule has 1 aromatic heterocycles. The van der Waals surface area contributed by atoms with Gasteiger partial charge >= 0.3 is 0 Å². The number of hydrogen-bond acceptors (Lipinski definition) is 4. The monoisotopic (exact) mass is 411 g/mol. The van der Waals surface area contributed by atoms with Crippen LogP contribution in [0.3, 0.4) is 0 Å². The van der Waals surface area contributed by atoms with Gasteiger partial charge < -0.3 is 15.1 Å². The molecule has 156 valence electrons. The highest BCUT2D eigenvalue weighted by Gasteiger charge is 2.26. The lowest BCUT2D eigenvalue weighted by Crippen LogP contribution is -2.45. The van der Waals surface area contributed by atoms with Crippen LogP contribution in [-0.2, 0) is 18.3 Å². The van der Waals surface area contributed by atoms with Gasteiger partial charge in [-0.25, -0.2) is 0 Å². The van der Waals surface area contributed by atoms with Crippen molar-refractivity contribution in [2.45, 2.75) is 51.5 Å². The normalized spacial score (nSPS) is 20.4. The van der Waals surface area contributed by atoms with Gasteiger partial charge in [-0.15, -0.1) is 11.3 Å². The number of likely N-dealkylation sites (N-methyl/N-ethyl adjacent to an activating group) is 1. The Bertz CT molecular complexity index is 874. The molecule has 2 aliphatic rings. The molecule has 1 atom stereocenters. The molecule has 1 aromatic carbocycles. The minimum Gasteiger partial charge on any atom is -0.369 e. The Hall–Kier alpha value is -1.85. The number of hydrogen-bond donors (Lipinski definition) is 1. The second kappa shape index (κ2) is 8.11. The molecule has 1 unspecified atom stereocenters. The number of carbonyl (C=O) groups is 1. The van der Waals surface area contributed by atoms with Crippen molar-refractivity contribution in [1.29, 1.82) is 0 Å². The summed E-state index contributed by atoms with van der Waals surface area (Å²) in [4.78, 5) is 19.9. The maximum Gasteiger partial charge on any atom is 0.261 e. The summed E-state index contributed by atoms with van der Waals surface area (Å²) in [7, 11) is 2.19. The number of nitrogens with one attached hydrogen (secondary N) is 1. The van der Waals surface area contributed by atoms with Crippen LogP contribution in [0, 0.1) is 0 Å². The van der Waals surface area contributed by atoms with Crippen LogP contribution in [0.25, 0.3) is 0 Å². The molecule has 4 rings (SSSR count). The number of aryl methyl sites for hydroxylation is 1. The zero-order valence-corrected chi connectivity index (χ0v) is 18.9. The average molecular weight is 412 g/mol. The lowest BCUT2D eigenvalue weighted by molar-refractivity contribution is 0.0938. The molecule has 1 aliphatic carbocycles. The van der Waals surface area contributed by atoms with E-state index >= 15 is 0 Å². The molecule has 5 heteroatoms. The topological polar surface area (TPSA) is 35.6 Å². The minimum atomic E-state index is 0.0797. The third-order valence-electron chi connectivity index (χ3n) is 6.21. The summed E-state index contributed by atoms with van der Waals surface area (Å²) in [6.45, 7) is 11.0. The van der Waals surface area contributed by atoms with E-state index in [0.29, 0.717) is 0 Å². The summed E-state index contributed by atoms with van der Waals surface area (Å²) in [5.41, 5.74) is 4.36. The third kappa shape index (κ3) is 4.51. The Labute approximate surface area is 178 Å². The average Bonchev–Trinajstić information content (AvgIpc) is 3.19. The number of rotatable bonds is 3. The Morgan fingerprint density at radius 3 is 2.55 bits per heavy atom. The largest absolute Gasteiger partial charge is 0.369 e. The highest BCUT2D eigenvalue weighted by molar-refractivity contribution is 7.14. The first-order chi connectivity index (χ1) is 13.8. The van der Waals surface area contributed by atoms with Crippen LogP contribution in [0.1, 0.15) is 52.9 Å². The van der Waals surface area contributed by atoms with Gasteiger partial charge in [0.1, 0.15) is 0 Å². The van der Waals surface area contributed by atoms with Crippen LogP contribution in [0.15, 0.2) is 30.3 Å². The summed E-state index contributed by atoms with van der Waals surface area (Å²) in [5, 5.41) is 3.32. The van der Waals surface area contributed by atoms with E-state index in [0.717, 1.165) is 50.3 Å². The first-order valence-electron chi connectivity index (χ1n) is 10.8. The molecule has 1 N–H and O–H groups in total. The second-order valence-electron chi connectivity index (χ2n) is 9.53. The van der Waals surface area contributed by atoms with E-state index in [1.165, 1.54) is 21.7 Å². The fraction of sp³-hybridized carbons (Fsp3) is 0.542. The molecule has 0 saturated carbocycles. The zero-order valence-electron chi connectivity index (χ0n) is 18.1. The van der Waals surface area contributed by atoms with Crippen molar-refractivity contribution in [1.82, 2.24) is 10.2 Å². The molecule has 29 heavy (non-hydrogen) atoms. The Balaban J connectivity index is 1.47. The van der Waals surface area contributed by atoms with Gasteiger partial charge in [-0.2, -0.15) is 0 Å². The molecule has 0 bridgehead atoms. The standard InChI is InChI=1S/C24H33N3OS/c1-24(2,3)22-11-10-21(29-22)23(28)25-18-9-8-17-6-5-7-20(19(17)16-18)27-14-12-26(4)13-15-27/h5-7,10-11,18H,8-9,12-16H2,1-4H3,(H,25,28). The summed E-state index contributed by atoms with van der Waals surface area (Å²) >= 11 is 1.62. The van der Waals surface area contributed by atoms with E-state index in [2.05, 4.69) is 67.2 Å². The number of amides is 1. The van der Waals surface area contributed by atoms with E-state index in [-0.39, 0.29) is 17.4 Å². The van der Waals surface area contributed by atoms with Crippen LogP contribution in [0.4, 0.5) is 5.69 Å². The number of carbonyl (C=O) groups excluding carboxylic acids is 1. The first kappa shape index (κ1) is 20.4. The maximum absolute atomic E-state index is 12.9. The molecule has 1 aliphatic heterocycles. The van der Waals surface area contributed by atoms with Gasteiger partial charge in [0, 0.05) is 42.8 Å². The Kier molecular flexibility index (Phi) is 5.71. The number of anilines is 1. The van der Waals surface area contributed by atoms with Crippen LogP contribution >= 0.6 is 11.3 Å². The molecular weight excluding hydrogens is 378 g/mol. The van der Waals surface area contributed by atoms with Gasteiger partial charge in [0.2, 0.25) is 0 Å². The SMILES string of the molecule is CN1CCN(c2cccc3c2CC(NC(=O)c2ccc(C(C)(C)C)s2)CC3)CC1. The molecule has 0 radical (unpaired) electrons. The highest BCUT2D eigenvalue weighted by atomic mass is 32.1. The molecule has 2 aromatic rings. The number of piperazine rings is 1. The van der Waals surface area contributed by atoms with Gasteiger partial charge in [-0.1, -0.05) is 32.9 Å². The van der Waals surface area contributed by atoms with Gasteiger partial charge in [0.05, 0.1) is 4.88 Å². The van der Waals surface area contributed by atoms with Gasteiger partial charge in [-0.05, 0) is 61.1 Å². The third-order valence-corrected chi connectivity index (χ3v) is 7.72. The quantitative estimate of drug-likeness (QED) is 0.826. The molecule has 4 nitrogen and oxygen atoms in total. The van der Waals surface area contributed by atoms with Crippen molar-refractivity contribution in [3.8, 4) is 0 Å². The summed E-state index contributed by atoms with van der Waals surface area (Å²) < 4.78 is 0. The number of benzene rings is 1. The molecule has 1 amide bonds. The lowest BCUT2D eigenvalue weighted by Gasteiger charge is -2.37. The van der Waals surface area contributed by atoms with Crippen LogP contribution in [0.5, 0.6) is 0 Å². The van der Waals surface area contributed by atoms with Gasteiger partial charge in [0.25, 0.3) is 5.91 Å². The second-order valence-corrected chi connectivity index (χ2v) is 10.6. The van der Waals surface area contributed by atoms with E-state index in [1.807, 2.05) is 6.07 Å². The van der Waals surface area contributed by atoms with Crippen molar-refractivity contribution in [2.75, 3.05) is 38.1 Å². The molecule has 0 spiro atoms. The molecule has 1 fully saturated rings. The van der Waals surface area contributed by atoms with Crippen molar-refractivity contribution >= 4 is 22.9 Å². The van der Waals surface area contributed by atoms with Crippen molar-refractivity contribution in [3.05, 3.63) is 51.2 Å². The number of thiophene rings is 1. The predicted octanol–water partition coefficient (Wildman–Crippen LogP) is 4.08. The van der Waals surface area contributed by atoms with Crippen LogP contribution in [-0.4, -0.2) is 50.1 Å². The fourth-order valence-corrected chi connectivity index (χ4v) is 5.32. The van der Waals surface area contributed by atoms with Crippen molar-refractivity contribution < 1.29 is 4.79 Å². The summed E-state index contributed by atoms with van der Waals surface area (Å²) in [6, 6.07) is 11.0. The fourth-order valence-electron chi connectivity index (χ4n) is 4.36. The van der Waals surface area contributed by atoms with Crippen molar-refractivity contribution in [3.63, 3.8) is 0 Å². The van der Waals surface area contributed by atoms with E-state index in [4.69, 9.17) is 0 Å². The Morgan fingerprint density at radius 2 is 1.86 bits per heavy atom. The predicted molar refractivity (Wildman–Crippen MR) is 122 cm³/mol. The number of nitrogens with zero attached hydrogens (tertiary/aromatic N) is 2. The van der Waals surface area contributed by atoms with Gasteiger partial charge in [0.15, 0.2) is 0 Å². The molecule has 1 saturated heterocycles. The van der Waals surface area contributed by atoms with Crippen LogP contribution < -0.4 is 10.2 Å². The van der Waals surface area contributed by atoms with E-state index < -0.39 is 0 Å². The lowest BCUT2D eigenvalue weighted by atomic mass is 9.86. The molecular formula is C24H33N3OS. The smallest absolute Gasteiger partial charge is 0.261 e. The van der Waals surface area contributed by atoms with Gasteiger partial charge in [-0.3, -0.25) is 4.79 Å². The van der Waals surface area contributed by atoms with Crippen LogP contribution in [0.2, 0.25) is 0 Å². The molecule has 2 heterocycles. The van der Waals surface area contributed by atoms with Crippen molar-refractivity contribution in [2.24, 2.45) is 0 Å². The minimum absolute atomic E-state index is 0.0797.